The highest BCUT2D eigenvalue weighted by atomic mass is 16.3. The molecule has 2 unspecified atom stereocenters. The van der Waals surface area contributed by atoms with Crippen molar-refractivity contribution in [2.24, 2.45) is 0 Å². The van der Waals surface area contributed by atoms with Crippen LogP contribution in [0.1, 0.15) is 51.4 Å². The summed E-state index contributed by atoms with van der Waals surface area (Å²) < 4.78 is 2.31. The van der Waals surface area contributed by atoms with E-state index >= 15 is 0 Å². The zero-order valence-corrected chi connectivity index (χ0v) is 11.5. The van der Waals surface area contributed by atoms with E-state index in [1.165, 1.54) is 12.8 Å². The summed E-state index contributed by atoms with van der Waals surface area (Å²) in [6, 6.07) is 0.474. The molecule has 2 rings (SSSR count). The number of rotatable bonds is 5. The molecule has 102 valence electrons. The fraction of sp³-hybridized carbons (Fsp3) is 0.786. The van der Waals surface area contributed by atoms with Crippen LogP contribution in [0.4, 0.5) is 0 Å². The van der Waals surface area contributed by atoms with Crippen LogP contribution in [0.25, 0.3) is 0 Å². The largest absolute Gasteiger partial charge is 0.394 e. The molecule has 4 nitrogen and oxygen atoms in total. The zero-order valence-electron chi connectivity index (χ0n) is 11.5. The third-order valence-corrected chi connectivity index (χ3v) is 4.13. The summed E-state index contributed by atoms with van der Waals surface area (Å²) in [6.45, 7) is 5.40. The highest BCUT2D eigenvalue weighted by Gasteiger charge is 2.36. The Labute approximate surface area is 109 Å². The maximum absolute atomic E-state index is 9.73. The number of likely N-dealkylation sites (N-methyl/N-ethyl adjacent to an activating group) is 1. The van der Waals surface area contributed by atoms with Crippen molar-refractivity contribution >= 4 is 0 Å². The molecule has 0 amide bonds. The summed E-state index contributed by atoms with van der Waals surface area (Å²) >= 11 is 0. The Morgan fingerprint density at radius 3 is 3.06 bits per heavy atom. The minimum Gasteiger partial charge on any atom is -0.394 e. The van der Waals surface area contributed by atoms with E-state index in [2.05, 4.69) is 34.9 Å². The molecule has 1 aromatic rings. The van der Waals surface area contributed by atoms with Crippen molar-refractivity contribution in [1.82, 2.24) is 14.9 Å². The first-order chi connectivity index (χ1) is 8.74. The molecule has 1 aliphatic carbocycles. The van der Waals surface area contributed by atoms with E-state index in [1.54, 1.807) is 0 Å². The first-order valence-electron chi connectivity index (χ1n) is 7.12. The molecule has 1 heterocycles. The van der Waals surface area contributed by atoms with Crippen LogP contribution in [0.2, 0.25) is 0 Å². The monoisotopic (exact) mass is 251 g/mol. The van der Waals surface area contributed by atoms with Crippen molar-refractivity contribution in [2.45, 2.75) is 57.5 Å². The molecule has 18 heavy (non-hydrogen) atoms. The van der Waals surface area contributed by atoms with Gasteiger partial charge in [-0.25, -0.2) is 4.98 Å². The number of aromatic nitrogens is 2. The molecule has 1 fully saturated rings. The van der Waals surface area contributed by atoms with Crippen LogP contribution in [-0.4, -0.2) is 33.3 Å². The SMILES string of the molecule is CCNC1(CO)CCCC(n2ccnc2CC)C1. The third-order valence-electron chi connectivity index (χ3n) is 4.13. The molecule has 0 aliphatic heterocycles. The molecular weight excluding hydrogens is 226 g/mol. The minimum atomic E-state index is -0.0903. The summed E-state index contributed by atoms with van der Waals surface area (Å²) in [5, 5.41) is 13.2. The third kappa shape index (κ3) is 2.59. The first-order valence-corrected chi connectivity index (χ1v) is 7.12. The van der Waals surface area contributed by atoms with Crippen LogP contribution in [0.5, 0.6) is 0 Å². The van der Waals surface area contributed by atoms with Crippen molar-refractivity contribution in [3.8, 4) is 0 Å². The number of aliphatic hydroxyl groups is 1. The number of nitrogens with one attached hydrogen (secondary N) is 1. The lowest BCUT2D eigenvalue weighted by molar-refractivity contribution is 0.0986. The second-order valence-corrected chi connectivity index (χ2v) is 5.32. The van der Waals surface area contributed by atoms with Gasteiger partial charge >= 0.3 is 0 Å². The van der Waals surface area contributed by atoms with Gasteiger partial charge < -0.3 is 15.0 Å². The molecule has 0 spiro atoms. The number of hydrogen-bond acceptors (Lipinski definition) is 3. The van der Waals surface area contributed by atoms with Crippen molar-refractivity contribution in [3.63, 3.8) is 0 Å². The predicted molar refractivity (Wildman–Crippen MR) is 72.6 cm³/mol. The fourth-order valence-corrected chi connectivity index (χ4v) is 3.25. The highest BCUT2D eigenvalue weighted by Crippen LogP contribution is 2.35. The van der Waals surface area contributed by atoms with Gasteiger partial charge in [-0.2, -0.15) is 0 Å². The smallest absolute Gasteiger partial charge is 0.108 e. The van der Waals surface area contributed by atoms with Crippen molar-refractivity contribution in [3.05, 3.63) is 18.2 Å². The van der Waals surface area contributed by atoms with E-state index in [1.807, 2.05) is 6.20 Å². The van der Waals surface area contributed by atoms with Crippen LogP contribution < -0.4 is 5.32 Å². The van der Waals surface area contributed by atoms with Crippen molar-refractivity contribution in [2.75, 3.05) is 13.2 Å². The van der Waals surface area contributed by atoms with Gasteiger partial charge in [0, 0.05) is 30.4 Å². The lowest BCUT2D eigenvalue weighted by atomic mass is 9.79. The molecule has 2 atom stereocenters. The number of imidazole rings is 1. The van der Waals surface area contributed by atoms with Gasteiger partial charge in [0.2, 0.25) is 0 Å². The van der Waals surface area contributed by atoms with Gasteiger partial charge in [0.25, 0.3) is 0 Å². The lowest BCUT2D eigenvalue weighted by Crippen LogP contribution is -2.51. The predicted octanol–water partition coefficient (Wildman–Crippen LogP) is 1.90. The maximum Gasteiger partial charge on any atom is 0.108 e. The van der Waals surface area contributed by atoms with Crippen LogP contribution in [0.15, 0.2) is 12.4 Å². The Balaban J connectivity index is 2.15. The van der Waals surface area contributed by atoms with Crippen molar-refractivity contribution in [1.29, 1.82) is 0 Å². The van der Waals surface area contributed by atoms with Gasteiger partial charge in [-0.15, -0.1) is 0 Å². The molecule has 1 saturated carbocycles. The summed E-state index contributed by atoms with van der Waals surface area (Å²) in [5.41, 5.74) is -0.0903. The van der Waals surface area contributed by atoms with Gasteiger partial charge in [-0.05, 0) is 32.2 Å². The van der Waals surface area contributed by atoms with Crippen LogP contribution in [0, 0.1) is 0 Å². The first kappa shape index (κ1) is 13.6. The van der Waals surface area contributed by atoms with Crippen LogP contribution in [-0.2, 0) is 6.42 Å². The molecule has 0 radical (unpaired) electrons. The standard InChI is InChI=1S/C14H25N3O/c1-3-13-15-8-9-17(13)12-6-5-7-14(10-12,11-18)16-4-2/h8-9,12,16,18H,3-7,10-11H2,1-2H3. The number of nitrogens with zero attached hydrogens (tertiary/aromatic N) is 2. The average Bonchev–Trinajstić information content (AvgIpc) is 2.87. The van der Waals surface area contributed by atoms with Gasteiger partial charge in [0.1, 0.15) is 5.82 Å². The quantitative estimate of drug-likeness (QED) is 0.840. The second kappa shape index (κ2) is 5.85. The van der Waals surface area contributed by atoms with Crippen molar-refractivity contribution < 1.29 is 5.11 Å². The minimum absolute atomic E-state index is 0.0903. The van der Waals surface area contributed by atoms with E-state index in [9.17, 15) is 5.11 Å². The maximum atomic E-state index is 9.73. The molecule has 0 bridgehead atoms. The van der Waals surface area contributed by atoms with Gasteiger partial charge in [-0.1, -0.05) is 13.8 Å². The van der Waals surface area contributed by atoms with E-state index in [-0.39, 0.29) is 12.1 Å². The Morgan fingerprint density at radius 1 is 1.56 bits per heavy atom. The molecule has 0 saturated heterocycles. The lowest BCUT2D eigenvalue weighted by Gasteiger charge is -2.41. The van der Waals surface area contributed by atoms with E-state index in [0.717, 1.165) is 31.6 Å². The van der Waals surface area contributed by atoms with Gasteiger partial charge in [-0.3, -0.25) is 0 Å². The van der Waals surface area contributed by atoms with Gasteiger partial charge in [0.15, 0.2) is 0 Å². The Kier molecular flexibility index (Phi) is 4.40. The number of hydrogen-bond donors (Lipinski definition) is 2. The van der Waals surface area contributed by atoms with Crippen LogP contribution >= 0.6 is 0 Å². The Morgan fingerprint density at radius 2 is 2.39 bits per heavy atom. The highest BCUT2D eigenvalue weighted by molar-refractivity contribution is 5.01. The average molecular weight is 251 g/mol. The van der Waals surface area contributed by atoms with E-state index in [0.29, 0.717) is 6.04 Å². The number of aryl methyl sites for hydroxylation is 1. The van der Waals surface area contributed by atoms with Crippen LogP contribution in [0.3, 0.4) is 0 Å². The normalized spacial score (nSPS) is 28.5. The topological polar surface area (TPSA) is 50.1 Å². The Bertz CT molecular complexity index is 373. The molecule has 0 aromatic carbocycles. The number of aliphatic hydroxyl groups excluding tert-OH is 1. The zero-order chi connectivity index (χ0) is 13.0. The second-order valence-electron chi connectivity index (χ2n) is 5.32. The molecular formula is C14H25N3O. The summed E-state index contributed by atoms with van der Waals surface area (Å²) in [6.07, 6.45) is 9.38. The Hall–Kier alpha value is -0.870. The van der Waals surface area contributed by atoms with Gasteiger partial charge in [0.05, 0.1) is 6.61 Å². The summed E-state index contributed by atoms with van der Waals surface area (Å²) in [7, 11) is 0. The summed E-state index contributed by atoms with van der Waals surface area (Å²) in [4.78, 5) is 4.41. The molecule has 4 heteroatoms. The molecule has 1 aliphatic rings. The molecule has 2 N–H and O–H groups in total. The van der Waals surface area contributed by atoms with E-state index in [4.69, 9.17) is 0 Å². The summed E-state index contributed by atoms with van der Waals surface area (Å²) in [5.74, 6) is 1.16. The molecule has 1 aromatic heterocycles. The van der Waals surface area contributed by atoms with E-state index < -0.39 is 0 Å². The fourth-order valence-electron chi connectivity index (χ4n) is 3.25.